The molecule has 21 heavy (non-hydrogen) atoms. The molecule has 1 aromatic carbocycles. The van der Waals surface area contributed by atoms with E-state index >= 15 is 0 Å². The molecule has 0 saturated heterocycles. The molecule has 1 heterocycles. The second-order valence-electron chi connectivity index (χ2n) is 4.31. The van der Waals surface area contributed by atoms with Gasteiger partial charge in [-0.15, -0.1) is 0 Å². The van der Waals surface area contributed by atoms with Crippen molar-refractivity contribution in [3.63, 3.8) is 0 Å². The Bertz CT molecular complexity index is 646. The van der Waals surface area contributed by atoms with E-state index in [0.29, 0.717) is 5.75 Å². The van der Waals surface area contributed by atoms with Crippen molar-refractivity contribution < 1.29 is 14.4 Å². The summed E-state index contributed by atoms with van der Waals surface area (Å²) in [5.41, 5.74) is -0.394. The first kappa shape index (κ1) is 15.2. The van der Waals surface area contributed by atoms with Gasteiger partial charge in [0.05, 0.1) is 11.0 Å². The molecule has 0 radical (unpaired) electrons. The average Bonchev–Trinajstić information content (AvgIpc) is 2.40. The number of benzene rings is 1. The zero-order chi connectivity index (χ0) is 15.4. The number of hydrogen-bond donors (Lipinski definition) is 0. The molecule has 1 aromatic heterocycles. The Morgan fingerprint density at radius 1 is 1.19 bits per heavy atom. The number of nitrogens with zero attached hydrogens (tertiary/aromatic N) is 3. The fraction of sp³-hybridized carbons (Fsp3) is 0.231. The third-order valence-corrected chi connectivity index (χ3v) is 2.84. The largest absolute Gasteiger partial charge is 0.470 e. The van der Waals surface area contributed by atoms with E-state index in [1.165, 1.54) is 6.33 Å². The van der Waals surface area contributed by atoms with Crippen LogP contribution in [0.2, 0.25) is 0 Å². The first-order chi connectivity index (χ1) is 9.97. The fourth-order valence-corrected chi connectivity index (χ4v) is 1.77. The number of hydrogen-bond acceptors (Lipinski definition) is 6. The Morgan fingerprint density at radius 2 is 1.81 bits per heavy atom. The van der Waals surface area contributed by atoms with E-state index < -0.39 is 10.6 Å². The topological polar surface area (TPSA) is 87.4 Å². The lowest BCUT2D eigenvalue weighted by atomic mass is 10.3. The summed E-state index contributed by atoms with van der Waals surface area (Å²) < 4.78 is 11.6. The minimum absolute atomic E-state index is 0.114. The molecular weight excluding hydrogens is 342 g/mol. The normalized spacial score (nSPS) is 10.5. The second kappa shape index (κ2) is 6.49. The minimum atomic E-state index is -0.619. The predicted octanol–water partition coefficient (Wildman–Crippen LogP) is 3.73. The lowest BCUT2D eigenvalue weighted by Crippen LogP contribution is -2.10. The van der Waals surface area contributed by atoms with Gasteiger partial charge in [-0.05, 0) is 38.1 Å². The van der Waals surface area contributed by atoms with Crippen LogP contribution in [0.3, 0.4) is 0 Å². The van der Waals surface area contributed by atoms with Gasteiger partial charge in [0.1, 0.15) is 12.1 Å². The van der Waals surface area contributed by atoms with Crippen molar-refractivity contribution in [3.05, 3.63) is 45.2 Å². The molecular formula is C13H12BrN3O4. The van der Waals surface area contributed by atoms with Crippen LogP contribution >= 0.6 is 15.9 Å². The summed E-state index contributed by atoms with van der Waals surface area (Å²) in [6, 6.07) is 6.85. The summed E-state index contributed by atoms with van der Waals surface area (Å²) >= 11 is 3.30. The van der Waals surface area contributed by atoms with Crippen LogP contribution in [0, 0.1) is 10.1 Å². The lowest BCUT2D eigenvalue weighted by Gasteiger charge is -2.10. The zero-order valence-corrected chi connectivity index (χ0v) is 12.9. The van der Waals surface area contributed by atoms with E-state index in [4.69, 9.17) is 9.47 Å². The molecule has 7 nitrogen and oxygen atoms in total. The van der Waals surface area contributed by atoms with Gasteiger partial charge >= 0.3 is 17.4 Å². The van der Waals surface area contributed by atoms with Crippen LogP contribution < -0.4 is 9.47 Å². The summed E-state index contributed by atoms with van der Waals surface area (Å²) in [5.74, 6) is 0.153. The van der Waals surface area contributed by atoms with Gasteiger partial charge in [0.15, 0.2) is 0 Å². The number of halogens is 1. The van der Waals surface area contributed by atoms with Crippen LogP contribution in [0.15, 0.2) is 35.1 Å². The third-order valence-electron chi connectivity index (χ3n) is 2.31. The highest BCUT2D eigenvalue weighted by Crippen LogP contribution is 2.35. The molecule has 0 N–H and O–H groups in total. The van der Waals surface area contributed by atoms with Gasteiger partial charge in [0, 0.05) is 4.47 Å². The number of nitro groups is 1. The van der Waals surface area contributed by atoms with E-state index in [1.807, 2.05) is 0 Å². The molecule has 0 aliphatic heterocycles. The van der Waals surface area contributed by atoms with E-state index in [2.05, 4.69) is 25.9 Å². The van der Waals surface area contributed by atoms with Crippen molar-refractivity contribution in [1.82, 2.24) is 9.97 Å². The van der Waals surface area contributed by atoms with Gasteiger partial charge in [-0.3, -0.25) is 10.1 Å². The Kier molecular flexibility index (Phi) is 4.69. The monoisotopic (exact) mass is 353 g/mol. The molecule has 0 saturated carbocycles. The van der Waals surface area contributed by atoms with Crippen molar-refractivity contribution in [2.75, 3.05) is 0 Å². The zero-order valence-electron chi connectivity index (χ0n) is 11.3. The number of rotatable bonds is 5. The summed E-state index contributed by atoms with van der Waals surface area (Å²) in [6.45, 7) is 3.50. The second-order valence-corrected chi connectivity index (χ2v) is 5.23. The van der Waals surface area contributed by atoms with Crippen molar-refractivity contribution in [2.24, 2.45) is 0 Å². The fourth-order valence-electron chi connectivity index (χ4n) is 1.50. The van der Waals surface area contributed by atoms with Crippen LogP contribution in [0.1, 0.15) is 13.8 Å². The van der Waals surface area contributed by atoms with Crippen molar-refractivity contribution in [2.45, 2.75) is 20.0 Å². The van der Waals surface area contributed by atoms with Gasteiger partial charge in [-0.1, -0.05) is 15.9 Å². The molecule has 110 valence electrons. The van der Waals surface area contributed by atoms with Crippen LogP contribution in [0.5, 0.6) is 17.5 Å². The van der Waals surface area contributed by atoms with E-state index in [1.54, 1.807) is 38.1 Å². The Morgan fingerprint density at radius 3 is 2.38 bits per heavy atom. The van der Waals surface area contributed by atoms with Crippen LogP contribution in [-0.2, 0) is 0 Å². The molecule has 0 atom stereocenters. The third kappa shape index (κ3) is 3.88. The lowest BCUT2D eigenvalue weighted by molar-refractivity contribution is -0.387. The molecule has 0 aliphatic carbocycles. The van der Waals surface area contributed by atoms with Crippen LogP contribution in [0.4, 0.5) is 5.69 Å². The van der Waals surface area contributed by atoms with Crippen LogP contribution in [-0.4, -0.2) is 21.0 Å². The molecule has 0 spiro atoms. The molecule has 8 heteroatoms. The Balaban J connectivity index is 2.38. The van der Waals surface area contributed by atoms with E-state index in [9.17, 15) is 10.1 Å². The summed E-state index contributed by atoms with van der Waals surface area (Å²) in [6.07, 6.45) is 0.915. The predicted molar refractivity (Wildman–Crippen MR) is 78.7 cm³/mol. The summed E-state index contributed by atoms with van der Waals surface area (Å²) in [4.78, 5) is 18.2. The average molecular weight is 354 g/mol. The standard InChI is InChI=1S/C13H12BrN3O4/c1-8(2)20-12-11(17(18)19)13(16-7-15-12)21-10-5-3-9(14)4-6-10/h3-8H,1-2H3. The number of aromatic nitrogens is 2. The summed E-state index contributed by atoms with van der Waals surface area (Å²) in [7, 11) is 0. The quantitative estimate of drug-likeness (QED) is 0.601. The maximum absolute atomic E-state index is 11.2. The van der Waals surface area contributed by atoms with Crippen molar-refractivity contribution in [1.29, 1.82) is 0 Å². The van der Waals surface area contributed by atoms with Gasteiger partial charge in [-0.25, -0.2) is 0 Å². The molecule has 0 aliphatic rings. The van der Waals surface area contributed by atoms with Gasteiger partial charge < -0.3 is 9.47 Å². The van der Waals surface area contributed by atoms with Gasteiger partial charge in [0.25, 0.3) is 0 Å². The maximum atomic E-state index is 11.2. The first-order valence-electron chi connectivity index (χ1n) is 6.07. The smallest absolute Gasteiger partial charge is 0.392 e. The minimum Gasteiger partial charge on any atom is -0.470 e. The molecule has 0 bridgehead atoms. The highest BCUT2D eigenvalue weighted by atomic mass is 79.9. The van der Waals surface area contributed by atoms with Gasteiger partial charge in [-0.2, -0.15) is 9.97 Å². The molecule has 0 fully saturated rings. The maximum Gasteiger partial charge on any atom is 0.392 e. The van der Waals surface area contributed by atoms with Crippen molar-refractivity contribution in [3.8, 4) is 17.5 Å². The van der Waals surface area contributed by atoms with Gasteiger partial charge in [0.2, 0.25) is 0 Å². The Hall–Kier alpha value is -2.22. The highest BCUT2D eigenvalue weighted by Gasteiger charge is 2.27. The van der Waals surface area contributed by atoms with Crippen molar-refractivity contribution >= 4 is 21.6 Å². The summed E-state index contributed by atoms with van der Waals surface area (Å²) in [5, 5.41) is 11.2. The molecule has 2 aromatic rings. The first-order valence-corrected chi connectivity index (χ1v) is 6.86. The SMILES string of the molecule is CC(C)Oc1ncnc(Oc2ccc(Br)cc2)c1[N+](=O)[O-]. The van der Waals surface area contributed by atoms with E-state index in [0.717, 1.165) is 4.47 Å². The molecule has 0 unspecified atom stereocenters. The van der Waals surface area contributed by atoms with Crippen LogP contribution in [0.25, 0.3) is 0 Å². The van der Waals surface area contributed by atoms with E-state index in [-0.39, 0.29) is 17.9 Å². The Labute approximate surface area is 129 Å². The number of ether oxygens (including phenoxy) is 2. The molecule has 0 amide bonds. The highest BCUT2D eigenvalue weighted by molar-refractivity contribution is 9.10. The molecule has 2 rings (SSSR count).